The van der Waals surface area contributed by atoms with Gasteiger partial charge in [-0.3, -0.25) is 20.0 Å². The number of carbonyl (C=O) groups is 2. The number of carbonyl (C=O) groups excluding carboxylic acids is 2. The number of unbranched alkanes of at least 4 members (excludes halogenated alkanes) is 3. The average Bonchev–Trinajstić information content (AvgIpc) is 2.88. The summed E-state index contributed by atoms with van der Waals surface area (Å²) in [6.45, 7) is 3.77. The smallest absolute Gasteiger partial charge is 0.224 e. The van der Waals surface area contributed by atoms with Gasteiger partial charge in [-0.2, -0.15) is 5.10 Å². The molecule has 0 fully saturated rings. The maximum atomic E-state index is 12.3. The SMILES string of the molecule is CC(=NCC(=N)N)c1cccc(NC(=O)CCCCCCC(=O)Nc2cccc(/C(C)=N/N=C(N)N)c2)c1. The van der Waals surface area contributed by atoms with E-state index in [0.29, 0.717) is 29.9 Å². The van der Waals surface area contributed by atoms with Gasteiger partial charge in [0.2, 0.25) is 17.8 Å². The summed E-state index contributed by atoms with van der Waals surface area (Å²) in [7, 11) is 0. The van der Waals surface area contributed by atoms with Gasteiger partial charge in [0, 0.05) is 29.9 Å². The van der Waals surface area contributed by atoms with Crippen LogP contribution in [0.3, 0.4) is 0 Å². The van der Waals surface area contributed by atoms with E-state index >= 15 is 0 Å². The van der Waals surface area contributed by atoms with E-state index in [9.17, 15) is 9.59 Å². The van der Waals surface area contributed by atoms with E-state index in [1.807, 2.05) is 55.5 Å². The number of aliphatic imine (C=N–C) groups is 1. The molecule has 0 heterocycles. The zero-order valence-electron chi connectivity index (χ0n) is 22.0. The summed E-state index contributed by atoms with van der Waals surface area (Å²) in [5, 5.41) is 20.7. The van der Waals surface area contributed by atoms with Gasteiger partial charge in [-0.15, -0.1) is 5.10 Å². The molecule has 0 saturated carbocycles. The minimum atomic E-state index is -0.122. The van der Waals surface area contributed by atoms with E-state index < -0.39 is 0 Å². The van der Waals surface area contributed by atoms with Crippen LogP contribution in [0.25, 0.3) is 0 Å². The Bertz CT molecular complexity index is 1210. The van der Waals surface area contributed by atoms with E-state index in [4.69, 9.17) is 22.6 Å². The summed E-state index contributed by atoms with van der Waals surface area (Å²) in [4.78, 5) is 28.9. The lowest BCUT2D eigenvalue weighted by Crippen LogP contribution is -2.22. The summed E-state index contributed by atoms with van der Waals surface area (Å²) in [5.41, 5.74) is 20.4. The molecule has 0 bridgehead atoms. The molecule has 2 aromatic carbocycles. The number of nitrogens with one attached hydrogen (secondary N) is 3. The summed E-state index contributed by atoms with van der Waals surface area (Å²) < 4.78 is 0. The number of rotatable bonds is 14. The molecule has 11 nitrogen and oxygen atoms in total. The lowest BCUT2D eigenvalue weighted by atomic mass is 10.1. The van der Waals surface area contributed by atoms with Crippen LogP contribution in [0, 0.1) is 5.41 Å². The second kappa shape index (κ2) is 15.5. The van der Waals surface area contributed by atoms with Crippen molar-refractivity contribution in [1.82, 2.24) is 0 Å². The number of nitrogens with zero attached hydrogens (tertiary/aromatic N) is 3. The van der Waals surface area contributed by atoms with E-state index in [1.165, 1.54) is 0 Å². The molecule has 38 heavy (non-hydrogen) atoms. The van der Waals surface area contributed by atoms with Gasteiger partial charge in [-0.05, 0) is 62.1 Å². The highest BCUT2D eigenvalue weighted by Crippen LogP contribution is 2.15. The van der Waals surface area contributed by atoms with Crippen LogP contribution in [-0.2, 0) is 9.59 Å². The van der Waals surface area contributed by atoms with Gasteiger partial charge in [0.25, 0.3) is 0 Å². The zero-order chi connectivity index (χ0) is 27.9. The fourth-order valence-corrected chi connectivity index (χ4v) is 3.50. The molecule has 0 aromatic heterocycles. The van der Waals surface area contributed by atoms with Gasteiger partial charge in [-0.1, -0.05) is 37.1 Å². The van der Waals surface area contributed by atoms with Crippen molar-refractivity contribution in [3.05, 3.63) is 59.7 Å². The molecule has 0 radical (unpaired) electrons. The van der Waals surface area contributed by atoms with Crippen molar-refractivity contribution in [2.24, 2.45) is 32.4 Å². The van der Waals surface area contributed by atoms with Crippen LogP contribution in [0.15, 0.2) is 63.7 Å². The molecule has 2 amide bonds. The highest BCUT2D eigenvalue weighted by Gasteiger charge is 2.07. The fraction of sp³-hybridized carbons (Fsp3) is 0.333. The van der Waals surface area contributed by atoms with Crippen molar-refractivity contribution in [2.75, 3.05) is 17.2 Å². The second-order valence-corrected chi connectivity index (χ2v) is 8.81. The predicted molar refractivity (Wildman–Crippen MR) is 155 cm³/mol. The van der Waals surface area contributed by atoms with E-state index in [1.54, 1.807) is 6.92 Å². The lowest BCUT2D eigenvalue weighted by molar-refractivity contribution is -0.117. The largest absolute Gasteiger partial charge is 0.386 e. The van der Waals surface area contributed by atoms with E-state index in [2.05, 4.69) is 25.8 Å². The molecule has 0 atom stereocenters. The van der Waals surface area contributed by atoms with Gasteiger partial charge in [0.1, 0.15) is 5.84 Å². The Hall–Kier alpha value is -4.54. The number of amidine groups is 1. The molecule has 9 N–H and O–H groups in total. The summed E-state index contributed by atoms with van der Waals surface area (Å²) in [5.74, 6) is -0.247. The zero-order valence-corrected chi connectivity index (χ0v) is 22.0. The highest BCUT2D eigenvalue weighted by molar-refractivity contribution is 6.02. The number of anilines is 2. The summed E-state index contributed by atoms with van der Waals surface area (Å²) >= 11 is 0. The summed E-state index contributed by atoms with van der Waals surface area (Å²) in [6.07, 6.45) is 3.98. The molecule has 11 heteroatoms. The van der Waals surface area contributed by atoms with Crippen LogP contribution < -0.4 is 27.8 Å². The van der Waals surface area contributed by atoms with Crippen molar-refractivity contribution < 1.29 is 9.59 Å². The molecular weight excluding hydrogens is 482 g/mol. The molecule has 0 aliphatic rings. The van der Waals surface area contributed by atoms with Crippen LogP contribution >= 0.6 is 0 Å². The molecule has 0 aliphatic carbocycles. The van der Waals surface area contributed by atoms with Gasteiger partial charge in [0.15, 0.2) is 0 Å². The molecule has 2 aromatic rings. The van der Waals surface area contributed by atoms with Gasteiger partial charge >= 0.3 is 0 Å². The Morgan fingerprint density at radius 1 is 0.763 bits per heavy atom. The fourth-order valence-electron chi connectivity index (χ4n) is 3.50. The monoisotopic (exact) mass is 519 g/mol. The first-order valence-corrected chi connectivity index (χ1v) is 12.4. The molecule has 0 aliphatic heterocycles. The number of hydrogen-bond acceptors (Lipinski definition) is 6. The maximum Gasteiger partial charge on any atom is 0.224 e. The normalized spacial score (nSPS) is 11.5. The van der Waals surface area contributed by atoms with Gasteiger partial charge in [-0.25, -0.2) is 0 Å². The van der Waals surface area contributed by atoms with Crippen LogP contribution in [0.5, 0.6) is 0 Å². The number of nitrogens with two attached hydrogens (primary N) is 3. The Labute approximate surface area is 223 Å². The third-order valence-corrected chi connectivity index (χ3v) is 5.49. The van der Waals surface area contributed by atoms with Crippen molar-refractivity contribution >= 4 is 46.4 Å². The number of amides is 2. The predicted octanol–water partition coefficient (Wildman–Crippen LogP) is 3.35. The Morgan fingerprint density at radius 3 is 1.74 bits per heavy atom. The number of hydrogen-bond donors (Lipinski definition) is 6. The third-order valence-electron chi connectivity index (χ3n) is 5.49. The first-order chi connectivity index (χ1) is 18.1. The Morgan fingerprint density at radius 2 is 1.26 bits per heavy atom. The van der Waals surface area contributed by atoms with Crippen LogP contribution in [0.4, 0.5) is 11.4 Å². The minimum Gasteiger partial charge on any atom is -0.386 e. The highest BCUT2D eigenvalue weighted by atomic mass is 16.2. The maximum absolute atomic E-state index is 12.3. The molecular formula is C27H37N9O2. The lowest BCUT2D eigenvalue weighted by Gasteiger charge is -2.08. The van der Waals surface area contributed by atoms with Gasteiger partial charge in [0.05, 0.1) is 12.3 Å². The standard InChI is InChI=1S/C27H37N9O2/c1-18(32-17-24(28)29)20-9-7-11-22(15-20)33-25(37)13-5-3-4-6-14-26(38)34-23-12-8-10-21(16-23)19(2)35-36-27(30)31/h7-12,15-16H,3-6,13-14,17H2,1-2H3,(H3,28,29)(H,33,37)(H,34,38)(H4,30,31,36)/b32-18?,35-19+. The first kappa shape index (κ1) is 29.7. The van der Waals surface area contributed by atoms with Gasteiger partial charge < -0.3 is 27.8 Å². The molecule has 0 unspecified atom stereocenters. The molecule has 2 rings (SSSR count). The quantitative estimate of drug-likeness (QED) is 0.0961. The minimum absolute atomic E-state index is 0.00188. The first-order valence-electron chi connectivity index (χ1n) is 12.4. The molecule has 202 valence electrons. The van der Waals surface area contributed by atoms with Crippen molar-refractivity contribution in [3.8, 4) is 0 Å². The van der Waals surface area contributed by atoms with Crippen molar-refractivity contribution in [3.63, 3.8) is 0 Å². The number of benzene rings is 2. The van der Waals surface area contributed by atoms with E-state index in [0.717, 1.165) is 42.5 Å². The average molecular weight is 520 g/mol. The molecule has 0 spiro atoms. The summed E-state index contributed by atoms with van der Waals surface area (Å²) in [6, 6.07) is 14.7. The molecule has 0 saturated heterocycles. The second-order valence-electron chi connectivity index (χ2n) is 8.81. The van der Waals surface area contributed by atoms with Crippen LogP contribution in [-0.4, -0.2) is 41.6 Å². The van der Waals surface area contributed by atoms with Crippen molar-refractivity contribution in [2.45, 2.75) is 52.4 Å². The third kappa shape index (κ3) is 11.5. The Kier molecular flexibility index (Phi) is 12.1. The number of guanidine groups is 1. The Balaban J connectivity index is 1.69. The van der Waals surface area contributed by atoms with Crippen LogP contribution in [0.2, 0.25) is 0 Å². The topological polar surface area (TPSA) is 197 Å². The van der Waals surface area contributed by atoms with Crippen LogP contribution in [0.1, 0.15) is 63.5 Å². The van der Waals surface area contributed by atoms with Crippen molar-refractivity contribution in [1.29, 1.82) is 5.41 Å². The van der Waals surface area contributed by atoms with E-state index in [-0.39, 0.29) is 30.2 Å².